The number of halogens is 2. The quantitative estimate of drug-likeness (QED) is 0.643. The van der Waals surface area contributed by atoms with Gasteiger partial charge in [-0.25, -0.2) is 8.78 Å². The number of nitrogens with one attached hydrogen (secondary N) is 1. The van der Waals surface area contributed by atoms with E-state index in [1.807, 2.05) is 0 Å². The Hall–Kier alpha value is -1.72. The van der Waals surface area contributed by atoms with E-state index >= 15 is 0 Å². The average molecular weight is 298 g/mol. The first-order chi connectivity index (χ1) is 9.88. The van der Waals surface area contributed by atoms with E-state index < -0.39 is 11.3 Å². The predicted molar refractivity (Wildman–Crippen MR) is 77.6 cm³/mol. The van der Waals surface area contributed by atoms with Crippen molar-refractivity contribution in [3.8, 4) is 0 Å². The zero-order valence-electron chi connectivity index (χ0n) is 12.2. The van der Waals surface area contributed by atoms with Crippen molar-refractivity contribution in [1.29, 1.82) is 0 Å². The van der Waals surface area contributed by atoms with Crippen molar-refractivity contribution >= 4 is 11.4 Å². The fraction of sp³-hybridized carbons (Fsp3) is 0.600. The topological polar surface area (TPSA) is 55.2 Å². The number of nitrogens with zero attached hydrogens (tertiary/aromatic N) is 1. The van der Waals surface area contributed by atoms with E-state index in [4.69, 9.17) is 0 Å². The fourth-order valence-corrected chi connectivity index (χ4v) is 3.06. The van der Waals surface area contributed by atoms with E-state index in [0.29, 0.717) is 17.5 Å². The van der Waals surface area contributed by atoms with Gasteiger partial charge in [-0.2, -0.15) is 0 Å². The number of nitro benzene ring substituents is 1. The minimum atomic E-state index is -2.73. The van der Waals surface area contributed by atoms with Gasteiger partial charge in [0.15, 0.2) is 0 Å². The number of nitro groups is 1. The minimum Gasteiger partial charge on any atom is -0.382 e. The molecular formula is C15H20F2N2O2. The third-order valence-corrected chi connectivity index (χ3v) is 4.25. The van der Waals surface area contributed by atoms with Crippen LogP contribution in [0.1, 0.15) is 45.1 Å². The van der Waals surface area contributed by atoms with Crippen molar-refractivity contribution in [3.05, 3.63) is 33.9 Å². The van der Waals surface area contributed by atoms with Crippen molar-refractivity contribution in [2.75, 3.05) is 5.32 Å². The number of non-ortho nitro benzene ring substituents is 1. The molecule has 0 bridgehead atoms. The molecule has 0 heterocycles. The van der Waals surface area contributed by atoms with Gasteiger partial charge in [0, 0.05) is 29.4 Å². The summed E-state index contributed by atoms with van der Waals surface area (Å²) in [7, 11) is 0. The minimum absolute atomic E-state index is 0.139. The molecular weight excluding hydrogens is 278 g/mol. The van der Waals surface area contributed by atoms with Gasteiger partial charge in [-0.15, -0.1) is 0 Å². The van der Waals surface area contributed by atoms with E-state index in [0.717, 1.165) is 25.3 Å². The van der Waals surface area contributed by atoms with Gasteiger partial charge in [0.1, 0.15) is 0 Å². The molecule has 4 nitrogen and oxygen atoms in total. The van der Waals surface area contributed by atoms with Gasteiger partial charge in [-0.3, -0.25) is 10.1 Å². The van der Waals surface area contributed by atoms with Crippen LogP contribution in [0.25, 0.3) is 0 Å². The third-order valence-electron chi connectivity index (χ3n) is 4.25. The summed E-state index contributed by atoms with van der Waals surface area (Å²) in [6, 6.07) is 3.76. The first-order valence-electron chi connectivity index (χ1n) is 7.21. The van der Waals surface area contributed by atoms with Crippen LogP contribution in [0.4, 0.5) is 20.2 Å². The molecule has 0 amide bonds. The predicted octanol–water partition coefficient (Wildman–Crippen LogP) is 4.77. The molecule has 2 rings (SSSR count). The van der Waals surface area contributed by atoms with Crippen LogP contribution in [0, 0.1) is 22.0 Å². The van der Waals surface area contributed by atoms with E-state index in [1.165, 1.54) is 12.1 Å². The standard InChI is InChI=1S/C15H20F2N2O2/c1-9-3-5-13(10(2)7-9)18-14-6-4-11(19(20)21)8-12(14)15(16)17/h4,6,8-10,13,15,18H,3,5,7H2,1-2H3. The molecule has 116 valence electrons. The maximum Gasteiger partial charge on any atom is 0.270 e. The summed E-state index contributed by atoms with van der Waals surface area (Å²) in [5.74, 6) is 1.05. The zero-order valence-corrected chi connectivity index (χ0v) is 12.2. The summed E-state index contributed by atoms with van der Waals surface area (Å²) in [4.78, 5) is 10.1. The summed E-state index contributed by atoms with van der Waals surface area (Å²) in [5, 5.41) is 13.9. The largest absolute Gasteiger partial charge is 0.382 e. The third kappa shape index (κ3) is 3.68. The van der Waals surface area contributed by atoms with Gasteiger partial charge >= 0.3 is 0 Å². The zero-order chi connectivity index (χ0) is 15.6. The molecule has 0 spiro atoms. The highest BCUT2D eigenvalue weighted by atomic mass is 19.3. The number of hydrogen-bond acceptors (Lipinski definition) is 3. The van der Waals surface area contributed by atoms with Gasteiger partial charge in [0.25, 0.3) is 12.1 Å². The molecule has 1 saturated carbocycles. The lowest BCUT2D eigenvalue weighted by Crippen LogP contribution is -2.33. The first kappa shape index (κ1) is 15.7. The van der Waals surface area contributed by atoms with E-state index in [-0.39, 0.29) is 17.3 Å². The molecule has 1 aromatic rings. The molecule has 1 N–H and O–H groups in total. The second-order valence-electron chi connectivity index (χ2n) is 5.98. The van der Waals surface area contributed by atoms with E-state index in [9.17, 15) is 18.9 Å². The van der Waals surface area contributed by atoms with Crippen molar-refractivity contribution in [2.45, 2.75) is 45.6 Å². The summed E-state index contributed by atoms with van der Waals surface area (Å²) in [5.41, 5.74) is -0.293. The van der Waals surface area contributed by atoms with Crippen LogP contribution < -0.4 is 5.32 Å². The molecule has 6 heteroatoms. The lowest BCUT2D eigenvalue weighted by Gasteiger charge is -2.34. The number of anilines is 1. The Labute approximate surface area is 122 Å². The maximum atomic E-state index is 13.1. The van der Waals surface area contributed by atoms with Crippen LogP contribution in [-0.2, 0) is 0 Å². The number of benzene rings is 1. The summed E-state index contributed by atoms with van der Waals surface area (Å²) in [6.45, 7) is 4.31. The molecule has 0 saturated heterocycles. The Bertz CT molecular complexity index is 522. The molecule has 1 aromatic carbocycles. The lowest BCUT2D eigenvalue weighted by atomic mass is 9.79. The number of rotatable bonds is 4. The molecule has 0 aliphatic heterocycles. The highest BCUT2D eigenvalue weighted by Crippen LogP contribution is 2.35. The average Bonchev–Trinajstić information content (AvgIpc) is 2.41. The van der Waals surface area contributed by atoms with Crippen LogP contribution in [0.5, 0.6) is 0 Å². The summed E-state index contributed by atoms with van der Waals surface area (Å²) >= 11 is 0. The van der Waals surface area contributed by atoms with E-state index in [2.05, 4.69) is 19.2 Å². The van der Waals surface area contributed by atoms with E-state index in [1.54, 1.807) is 0 Å². The Morgan fingerprint density at radius 2 is 2.05 bits per heavy atom. The van der Waals surface area contributed by atoms with Crippen LogP contribution in [-0.4, -0.2) is 11.0 Å². The van der Waals surface area contributed by atoms with Crippen LogP contribution in [0.15, 0.2) is 18.2 Å². The van der Waals surface area contributed by atoms with Crippen molar-refractivity contribution in [2.24, 2.45) is 11.8 Å². The van der Waals surface area contributed by atoms with Crippen LogP contribution in [0.2, 0.25) is 0 Å². The van der Waals surface area contributed by atoms with Gasteiger partial charge in [-0.05, 0) is 37.2 Å². The summed E-state index contributed by atoms with van der Waals surface area (Å²) in [6.07, 6.45) is 0.334. The second-order valence-corrected chi connectivity index (χ2v) is 5.98. The molecule has 0 radical (unpaired) electrons. The lowest BCUT2D eigenvalue weighted by molar-refractivity contribution is -0.385. The molecule has 0 aromatic heterocycles. The van der Waals surface area contributed by atoms with Crippen LogP contribution in [0.3, 0.4) is 0 Å². The normalized spacial score (nSPS) is 25.9. The van der Waals surface area contributed by atoms with Gasteiger partial charge in [-0.1, -0.05) is 13.8 Å². The smallest absolute Gasteiger partial charge is 0.270 e. The highest BCUT2D eigenvalue weighted by Gasteiger charge is 2.27. The van der Waals surface area contributed by atoms with Crippen LogP contribution >= 0.6 is 0 Å². The molecule has 1 fully saturated rings. The number of hydrogen-bond donors (Lipinski definition) is 1. The second kappa shape index (κ2) is 6.37. The Balaban J connectivity index is 2.21. The Morgan fingerprint density at radius 3 is 2.62 bits per heavy atom. The SMILES string of the molecule is CC1CCC(Nc2ccc([N+](=O)[O-])cc2C(F)F)C(C)C1. The number of alkyl halides is 2. The monoisotopic (exact) mass is 298 g/mol. The van der Waals surface area contributed by atoms with Gasteiger partial charge in [0.2, 0.25) is 0 Å². The maximum absolute atomic E-state index is 13.1. The summed E-state index contributed by atoms with van der Waals surface area (Å²) < 4.78 is 26.2. The molecule has 3 unspecified atom stereocenters. The van der Waals surface area contributed by atoms with Crippen molar-refractivity contribution < 1.29 is 13.7 Å². The molecule has 1 aliphatic carbocycles. The highest BCUT2D eigenvalue weighted by molar-refractivity contribution is 5.57. The Morgan fingerprint density at radius 1 is 1.33 bits per heavy atom. The van der Waals surface area contributed by atoms with Gasteiger partial charge < -0.3 is 5.32 Å². The Kier molecular flexibility index (Phi) is 4.75. The van der Waals surface area contributed by atoms with Crippen molar-refractivity contribution in [1.82, 2.24) is 0 Å². The van der Waals surface area contributed by atoms with Gasteiger partial charge in [0.05, 0.1) is 4.92 Å². The molecule has 3 atom stereocenters. The molecule has 21 heavy (non-hydrogen) atoms. The molecule has 1 aliphatic rings. The van der Waals surface area contributed by atoms with Crippen molar-refractivity contribution in [3.63, 3.8) is 0 Å². The fourth-order valence-electron chi connectivity index (χ4n) is 3.06. The first-order valence-corrected chi connectivity index (χ1v) is 7.21.